The molecule has 0 bridgehead atoms. The molecule has 1 amide bonds. The summed E-state index contributed by atoms with van der Waals surface area (Å²) in [4.78, 5) is 21.1. The smallest absolute Gasteiger partial charge is 0.296 e. The monoisotopic (exact) mass is 259 g/mol. The van der Waals surface area contributed by atoms with Crippen LogP contribution in [0.4, 0.5) is 20.2 Å². The van der Waals surface area contributed by atoms with Crippen LogP contribution in [0.5, 0.6) is 0 Å². The Morgan fingerprint density at radius 3 is 2.67 bits per heavy atom. The van der Waals surface area contributed by atoms with Crippen LogP contribution in [0.3, 0.4) is 0 Å². The third kappa shape index (κ3) is 3.20. The number of nitrogens with one attached hydrogen (secondary N) is 1. The predicted octanol–water partition coefficient (Wildman–Crippen LogP) is 1.55. The molecule has 18 heavy (non-hydrogen) atoms. The van der Waals surface area contributed by atoms with Gasteiger partial charge in [0, 0.05) is 18.5 Å². The zero-order chi connectivity index (χ0) is 13.9. The van der Waals surface area contributed by atoms with E-state index in [9.17, 15) is 23.7 Å². The quantitative estimate of drug-likeness (QED) is 0.633. The summed E-state index contributed by atoms with van der Waals surface area (Å²) in [6.45, 7) is 1.54. The number of hydrogen-bond acceptors (Lipinski definition) is 4. The lowest BCUT2D eigenvalue weighted by Crippen LogP contribution is -2.24. The molecule has 1 aromatic carbocycles. The molecular weight excluding hydrogens is 248 g/mol. The van der Waals surface area contributed by atoms with Gasteiger partial charge in [-0.15, -0.1) is 0 Å². The van der Waals surface area contributed by atoms with Crippen molar-refractivity contribution in [2.24, 2.45) is 5.73 Å². The second-order valence-electron chi connectivity index (χ2n) is 3.74. The Balaban J connectivity index is 3.09. The fraction of sp³-hybridized carbons (Fsp3) is 0.300. The third-order valence-corrected chi connectivity index (χ3v) is 2.04. The molecule has 0 aliphatic carbocycles. The summed E-state index contributed by atoms with van der Waals surface area (Å²) in [5.41, 5.74) is 3.85. The first-order valence-corrected chi connectivity index (χ1v) is 5.00. The highest BCUT2D eigenvalue weighted by Gasteiger charge is 2.23. The summed E-state index contributed by atoms with van der Waals surface area (Å²) >= 11 is 0. The van der Waals surface area contributed by atoms with Crippen LogP contribution in [-0.2, 0) is 4.79 Å². The van der Waals surface area contributed by atoms with E-state index >= 15 is 0 Å². The van der Waals surface area contributed by atoms with Gasteiger partial charge in [0.05, 0.1) is 4.92 Å². The SMILES string of the molecule is CC(N)CC(=O)Nc1c([N+](=O)[O-])ccc(F)c1F. The van der Waals surface area contributed by atoms with Gasteiger partial charge in [-0.05, 0) is 13.0 Å². The zero-order valence-electron chi connectivity index (χ0n) is 9.44. The molecule has 1 atom stereocenters. The maximum atomic E-state index is 13.4. The Bertz CT molecular complexity index is 492. The van der Waals surface area contributed by atoms with Crippen LogP contribution >= 0.6 is 0 Å². The van der Waals surface area contributed by atoms with Gasteiger partial charge >= 0.3 is 0 Å². The number of nitro benzene ring substituents is 1. The van der Waals surface area contributed by atoms with Gasteiger partial charge in [-0.2, -0.15) is 0 Å². The highest BCUT2D eigenvalue weighted by molar-refractivity contribution is 5.93. The molecule has 0 saturated heterocycles. The summed E-state index contributed by atoms with van der Waals surface area (Å²) in [7, 11) is 0. The second-order valence-corrected chi connectivity index (χ2v) is 3.74. The minimum Gasteiger partial charge on any atom is -0.327 e. The maximum Gasteiger partial charge on any atom is 0.296 e. The minimum absolute atomic E-state index is 0.160. The van der Waals surface area contributed by atoms with Crippen molar-refractivity contribution in [2.75, 3.05) is 5.32 Å². The molecule has 3 N–H and O–H groups in total. The molecule has 8 heteroatoms. The van der Waals surface area contributed by atoms with Crippen LogP contribution in [-0.4, -0.2) is 16.9 Å². The van der Waals surface area contributed by atoms with Gasteiger partial charge in [0.1, 0.15) is 0 Å². The van der Waals surface area contributed by atoms with Crippen molar-refractivity contribution in [2.45, 2.75) is 19.4 Å². The number of nitro groups is 1. The number of hydrogen-bond donors (Lipinski definition) is 2. The van der Waals surface area contributed by atoms with E-state index in [-0.39, 0.29) is 6.42 Å². The first-order chi connectivity index (χ1) is 8.32. The molecule has 0 aliphatic heterocycles. The third-order valence-electron chi connectivity index (χ3n) is 2.04. The Labute approximate surface area is 101 Å². The highest BCUT2D eigenvalue weighted by Crippen LogP contribution is 2.29. The van der Waals surface area contributed by atoms with Crippen molar-refractivity contribution in [1.82, 2.24) is 0 Å². The molecule has 0 saturated carbocycles. The van der Waals surface area contributed by atoms with Crippen LogP contribution in [0.15, 0.2) is 12.1 Å². The number of amides is 1. The van der Waals surface area contributed by atoms with Crippen molar-refractivity contribution >= 4 is 17.3 Å². The molecule has 0 heterocycles. The molecule has 0 radical (unpaired) electrons. The maximum absolute atomic E-state index is 13.4. The fourth-order valence-corrected chi connectivity index (χ4v) is 1.29. The summed E-state index contributed by atoms with van der Waals surface area (Å²) in [5, 5.41) is 12.6. The number of carbonyl (C=O) groups is 1. The van der Waals surface area contributed by atoms with E-state index in [0.717, 1.165) is 6.07 Å². The van der Waals surface area contributed by atoms with E-state index in [2.05, 4.69) is 0 Å². The molecule has 1 unspecified atom stereocenters. The van der Waals surface area contributed by atoms with Gasteiger partial charge in [0.2, 0.25) is 5.91 Å². The van der Waals surface area contributed by atoms with Crippen molar-refractivity contribution in [3.05, 3.63) is 33.9 Å². The number of nitrogens with zero attached hydrogens (tertiary/aromatic N) is 1. The molecular formula is C10H11F2N3O3. The number of rotatable bonds is 4. The summed E-state index contributed by atoms with van der Waals surface area (Å²) < 4.78 is 26.4. The number of halogens is 2. The molecule has 0 aromatic heterocycles. The lowest BCUT2D eigenvalue weighted by atomic mass is 10.2. The molecule has 6 nitrogen and oxygen atoms in total. The number of carbonyl (C=O) groups excluding carboxylic acids is 1. The van der Waals surface area contributed by atoms with Gasteiger partial charge in [0.15, 0.2) is 17.3 Å². The van der Waals surface area contributed by atoms with E-state index in [4.69, 9.17) is 5.73 Å². The van der Waals surface area contributed by atoms with E-state index in [1.165, 1.54) is 6.92 Å². The molecule has 1 rings (SSSR count). The van der Waals surface area contributed by atoms with Gasteiger partial charge in [0.25, 0.3) is 5.69 Å². The first kappa shape index (κ1) is 14.0. The van der Waals surface area contributed by atoms with Crippen molar-refractivity contribution in [3.8, 4) is 0 Å². The number of anilines is 1. The lowest BCUT2D eigenvalue weighted by Gasteiger charge is -2.08. The molecule has 0 spiro atoms. The fourth-order valence-electron chi connectivity index (χ4n) is 1.29. The standard InChI is InChI=1S/C10H11F2N3O3/c1-5(13)4-8(16)14-10-7(15(17)18)3-2-6(11)9(10)12/h2-3,5H,4,13H2,1H3,(H,14,16). The summed E-state index contributed by atoms with van der Waals surface area (Å²) in [6, 6.07) is 0.898. The average molecular weight is 259 g/mol. The largest absolute Gasteiger partial charge is 0.327 e. The minimum atomic E-state index is -1.47. The van der Waals surface area contributed by atoms with Gasteiger partial charge in [-0.3, -0.25) is 14.9 Å². The van der Waals surface area contributed by atoms with Crippen molar-refractivity contribution in [3.63, 3.8) is 0 Å². The Morgan fingerprint density at radius 2 is 2.17 bits per heavy atom. The topological polar surface area (TPSA) is 98.3 Å². The van der Waals surface area contributed by atoms with Crippen LogP contribution in [0.1, 0.15) is 13.3 Å². The summed E-state index contributed by atoms with van der Waals surface area (Å²) in [6.07, 6.45) is -0.160. The van der Waals surface area contributed by atoms with Gasteiger partial charge in [-0.25, -0.2) is 8.78 Å². The van der Waals surface area contributed by atoms with Crippen molar-refractivity contribution in [1.29, 1.82) is 0 Å². The van der Waals surface area contributed by atoms with E-state index in [0.29, 0.717) is 6.07 Å². The number of nitrogens with two attached hydrogens (primary N) is 1. The molecule has 1 aromatic rings. The molecule has 0 fully saturated rings. The van der Waals surface area contributed by atoms with E-state index < -0.39 is 39.9 Å². The van der Waals surface area contributed by atoms with Gasteiger partial charge < -0.3 is 11.1 Å². The van der Waals surface area contributed by atoms with Crippen LogP contribution in [0.25, 0.3) is 0 Å². The van der Waals surface area contributed by atoms with Crippen LogP contribution in [0.2, 0.25) is 0 Å². The first-order valence-electron chi connectivity index (χ1n) is 5.00. The Morgan fingerprint density at radius 1 is 1.56 bits per heavy atom. The zero-order valence-corrected chi connectivity index (χ0v) is 9.44. The Kier molecular flexibility index (Phi) is 4.27. The van der Waals surface area contributed by atoms with E-state index in [1.807, 2.05) is 5.32 Å². The van der Waals surface area contributed by atoms with E-state index in [1.54, 1.807) is 0 Å². The molecule has 0 aliphatic rings. The lowest BCUT2D eigenvalue weighted by molar-refractivity contribution is -0.384. The summed E-state index contributed by atoms with van der Waals surface area (Å²) in [5.74, 6) is -3.48. The second kappa shape index (κ2) is 5.50. The average Bonchev–Trinajstić information content (AvgIpc) is 2.23. The predicted molar refractivity (Wildman–Crippen MR) is 59.9 cm³/mol. The van der Waals surface area contributed by atoms with Crippen LogP contribution in [0, 0.1) is 21.7 Å². The highest BCUT2D eigenvalue weighted by atomic mass is 19.2. The normalized spacial score (nSPS) is 12.0. The van der Waals surface area contributed by atoms with Crippen molar-refractivity contribution < 1.29 is 18.5 Å². The number of benzene rings is 1. The van der Waals surface area contributed by atoms with Gasteiger partial charge in [-0.1, -0.05) is 0 Å². The Hall–Kier alpha value is -2.09. The van der Waals surface area contributed by atoms with Crippen LogP contribution < -0.4 is 11.1 Å². The molecule has 98 valence electrons.